The second-order valence-corrected chi connectivity index (χ2v) is 7.86. The molecule has 0 spiro atoms. The van der Waals surface area contributed by atoms with Crippen LogP contribution in [0.15, 0.2) is 53.4 Å². The van der Waals surface area contributed by atoms with Gasteiger partial charge in [-0.1, -0.05) is 54.3 Å². The van der Waals surface area contributed by atoms with Crippen LogP contribution in [0.1, 0.15) is 17.5 Å². The van der Waals surface area contributed by atoms with Crippen molar-refractivity contribution in [3.63, 3.8) is 0 Å². The lowest BCUT2D eigenvalue weighted by Crippen LogP contribution is -2.30. The number of hydrogen-bond acceptors (Lipinski definition) is 4. The molecule has 1 saturated heterocycles. The Hall–Kier alpha value is -2.65. The summed E-state index contributed by atoms with van der Waals surface area (Å²) in [5, 5.41) is 8.78. The molecule has 0 radical (unpaired) electrons. The third-order valence-corrected chi connectivity index (χ3v) is 5.51. The molecule has 29 heavy (non-hydrogen) atoms. The zero-order chi connectivity index (χ0) is 21.2. The number of rotatable bonds is 5. The number of amides is 1. The lowest BCUT2D eigenvalue weighted by Gasteiger charge is -2.12. The Labute approximate surface area is 174 Å². The van der Waals surface area contributed by atoms with Crippen molar-refractivity contribution in [1.82, 2.24) is 4.90 Å². The predicted octanol–water partition coefficient (Wildman–Crippen LogP) is 5.05. The van der Waals surface area contributed by atoms with Gasteiger partial charge in [0.05, 0.1) is 16.9 Å². The first-order valence-corrected chi connectivity index (χ1v) is 9.62. The van der Waals surface area contributed by atoms with E-state index >= 15 is 0 Å². The summed E-state index contributed by atoms with van der Waals surface area (Å²) in [7, 11) is 0. The third kappa shape index (κ3) is 5.04. The monoisotopic (exact) mass is 437 g/mol. The molecule has 0 aromatic heterocycles. The van der Waals surface area contributed by atoms with Crippen molar-refractivity contribution < 1.29 is 27.9 Å². The summed E-state index contributed by atoms with van der Waals surface area (Å²) in [5.74, 6) is -1.41. The summed E-state index contributed by atoms with van der Waals surface area (Å²) >= 11 is 6.21. The van der Waals surface area contributed by atoms with E-state index in [0.29, 0.717) is 21.6 Å². The zero-order valence-electron chi connectivity index (χ0n) is 14.8. The van der Waals surface area contributed by atoms with E-state index in [-0.39, 0.29) is 23.2 Å². The highest BCUT2D eigenvalue weighted by molar-refractivity contribution is 8.26. The highest BCUT2D eigenvalue weighted by Gasteiger charge is 2.32. The number of thiocarbonyl (C=S) groups is 1. The summed E-state index contributed by atoms with van der Waals surface area (Å²) in [5.41, 5.74) is 0.869. The molecule has 0 bridgehead atoms. The molecule has 3 rings (SSSR count). The number of carboxylic acid groups (broad SMARTS) is 1. The minimum atomic E-state index is -4.43. The van der Waals surface area contributed by atoms with Crippen LogP contribution in [0.3, 0.4) is 0 Å². The molecule has 0 atom stereocenters. The third-order valence-electron chi connectivity index (χ3n) is 4.13. The van der Waals surface area contributed by atoms with Crippen molar-refractivity contribution in [2.75, 3.05) is 6.54 Å². The van der Waals surface area contributed by atoms with E-state index in [1.807, 2.05) is 0 Å². The molecule has 150 valence electrons. The fourth-order valence-electron chi connectivity index (χ4n) is 2.73. The van der Waals surface area contributed by atoms with Gasteiger partial charge in [-0.25, -0.2) is 0 Å². The molecule has 1 fully saturated rings. The number of thioether (sulfide) groups is 1. The maximum Gasteiger partial charge on any atom is 0.416 e. The highest BCUT2D eigenvalue weighted by Crippen LogP contribution is 2.34. The summed E-state index contributed by atoms with van der Waals surface area (Å²) in [6.07, 6.45) is -3.06. The minimum Gasteiger partial charge on any atom is -0.481 e. The predicted molar refractivity (Wildman–Crippen MR) is 109 cm³/mol. The van der Waals surface area contributed by atoms with Gasteiger partial charge in [0.2, 0.25) is 0 Å². The van der Waals surface area contributed by atoms with Crippen LogP contribution in [-0.4, -0.2) is 32.7 Å². The van der Waals surface area contributed by atoms with Gasteiger partial charge in [0, 0.05) is 6.54 Å². The zero-order valence-corrected chi connectivity index (χ0v) is 16.4. The van der Waals surface area contributed by atoms with Crippen molar-refractivity contribution in [3.8, 4) is 11.1 Å². The molecule has 1 aliphatic rings. The molecule has 9 heteroatoms. The molecule has 2 aromatic rings. The largest absolute Gasteiger partial charge is 0.481 e. The Morgan fingerprint density at radius 2 is 1.79 bits per heavy atom. The number of aliphatic carboxylic acids is 1. The second-order valence-electron chi connectivity index (χ2n) is 6.18. The van der Waals surface area contributed by atoms with Crippen LogP contribution < -0.4 is 0 Å². The van der Waals surface area contributed by atoms with Crippen LogP contribution in [-0.2, 0) is 15.8 Å². The van der Waals surface area contributed by atoms with Crippen molar-refractivity contribution in [3.05, 3.63) is 64.6 Å². The fraction of sp³-hybridized carbons (Fsp3) is 0.150. The van der Waals surface area contributed by atoms with Crippen molar-refractivity contribution >= 4 is 46.3 Å². The Kier molecular flexibility index (Phi) is 6.09. The molecule has 2 aromatic carbocycles. The van der Waals surface area contributed by atoms with Gasteiger partial charge in [0.25, 0.3) is 5.91 Å². The van der Waals surface area contributed by atoms with Crippen LogP contribution in [0, 0.1) is 0 Å². The summed E-state index contributed by atoms with van der Waals surface area (Å²) in [6, 6.07) is 11.8. The first-order chi connectivity index (χ1) is 13.6. The van der Waals surface area contributed by atoms with Gasteiger partial charge in [0.15, 0.2) is 0 Å². The van der Waals surface area contributed by atoms with Crippen molar-refractivity contribution in [2.45, 2.75) is 12.6 Å². The van der Waals surface area contributed by atoms with E-state index in [0.717, 1.165) is 23.9 Å². The first kappa shape index (κ1) is 21.1. The van der Waals surface area contributed by atoms with Crippen LogP contribution in [0.2, 0.25) is 0 Å². The minimum absolute atomic E-state index is 0.0123. The van der Waals surface area contributed by atoms with E-state index in [4.69, 9.17) is 17.3 Å². The van der Waals surface area contributed by atoms with Gasteiger partial charge < -0.3 is 5.11 Å². The smallest absolute Gasteiger partial charge is 0.416 e. The molecule has 0 saturated carbocycles. The summed E-state index contributed by atoms with van der Waals surface area (Å²) in [6.45, 7) is -0.0123. The first-order valence-electron chi connectivity index (χ1n) is 8.40. The average Bonchev–Trinajstić information content (AvgIpc) is 2.92. The van der Waals surface area contributed by atoms with E-state index in [1.54, 1.807) is 36.4 Å². The maximum atomic E-state index is 13.0. The van der Waals surface area contributed by atoms with E-state index < -0.39 is 17.7 Å². The molecular weight excluding hydrogens is 423 g/mol. The molecule has 4 nitrogen and oxygen atoms in total. The SMILES string of the molecule is O=C(O)CCN1C(=O)/C(=C/c2cccc(-c3cccc(C(F)(F)F)c3)c2)SC1=S. The Balaban J connectivity index is 1.86. The normalized spacial score (nSPS) is 16.0. The summed E-state index contributed by atoms with van der Waals surface area (Å²) < 4.78 is 39.2. The molecule has 0 unspecified atom stereocenters. The van der Waals surface area contributed by atoms with Crippen LogP contribution in [0.5, 0.6) is 0 Å². The van der Waals surface area contributed by atoms with Crippen LogP contribution in [0.4, 0.5) is 13.2 Å². The van der Waals surface area contributed by atoms with Crippen molar-refractivity contribution in [2.24, 2.45) is 0 Å². The topological polar surface area (TPSA) is 57.6 Å². The second kappa shape index (κ2) is 8.38. The number of halogens is 3. The Bertz CT molecular complexity index is 1020. The molecule has 1 aliphatic heterocycles. The van der Waals surface area contributed by atoms with Crippen molar-refractivity contribution in [1.29, 1.82) is 0 Å². The number of carbonyl (C=O) groups is 2. The van der Waals surface area contributed by atoms with Gasteiger partial charge in [-0.15, -0.1) is 0 Å². The van der Waals surface area contributed by atoms with Crippen LogP contribution in [0.25, 0.3) is 17.2 Å². The van der Waals surface area contributed by atoms with E-state index in [9.17, 15) is 22.8 Å². The molecule has 0 aliphatic carbocycles. The average molecular weight is 437 g/mol. The Morgan fingerprint density at radius 3 is 2.45 bits per heavy atom. The number of carbonyl (C=O) groups excluding carboxylic acids is 1. The number of benzene rings is 2. The number of carboxylic acids is 1. The van der Waals surface area contributed by atoms with Gasteiger partial charge >= 0.3 is 12.1 Å². The van der Waals surface area contributed by atoms with E-state index in [1.165, 1.54) is 11.0 Å². The Morgan fingerprint density at radius 1 is 1.14 bits per heavy atom. The molecule has 1 N–H and O–H groups in total. The molecular formula is C20H14F3NO3S2. The number of nitrogens with zero attached hydrogens (tertiary/aromatic N) is 1. The van der Waals surface area contributed by atoms with E-state index in [2.05, 4.69) is 0 Å². The maximum absolute atomic E-state index is 13.0. The highest BCUT2D eigenvalue weighted by atomic mass is 32.2. The standard InChI is InChI=1S/C20H14F3NO3S2/c21-20(22,23)15-6-2-5-14(11-15)13-4-1-3-12(9-13)10-16-18(27)24(19(28)29-16)8-7-17(25)26/h1-6,9-11H,7-8H2,(H,25,26)/b16-10-. The van der Waals surface area contributed by atoms with Gasteiger partial charge in [-0.3, -0.25) is 14.5 Å². The quantitative estimate of drug-likeness (QED) is 0.524. The number of alkyl halides is 3. The van der Waals surface area contributed by atoms with Gasteiger partial charge in [-0.2, -0.15) is 13.2 Å². The van der Waals surface area contributed by atoms with Gasteiger partial charge in [-0.05, 0) is 41.0 Å². The lowest BCUT2D eigenvalue weighted by atomic mass is 10.0. The molecule has 1 heterocycles. The van der Waals surface area contributed by atoms with Gasteiger partial charge in [0.1, 0.15) is 4.32 Å². The lowest BCUT2D eigenvalue weighted by molar-refractivity contribution is -0.138. The molecule has 1 amide bonds. The van der Waals surface area contributed by atoms with Crippen LogP contribution >= 0.6 is 24.0 Å². The summed E-state index contributed by atoms with van der Waals surface area (Å²) in [4.78, 5) is 24.8. The number of hydrogen-bond donors (Lipinski definition) is 1. The fourth-order valence-corrected chi connectivity index (χ4v) is 4.04.